The van der Waals surface area contributed by atoms with E-state index in [-0.39, 0.29) is 30.7 Å². The van der Waals surface area contributed by atoms with Gasteiger partial charge in [0.25, 0.3) is 5.91 Å². The molecule has 3 rings (SSSR count). The van der Waals surface area contributed by atoms with Gasteiger partial charge in [0.1, 0.15) is 5.75 Å². The first-order valence-electron chi connectivity index (χ1n) is 7.68. The van der Waals surface area contributed by atoms with Gasteiger partial charge in [-0.3, -0.25) is 10.1 Å². The second kappa shape index (κ2) is 8.66. The molecule has 146 valence electrons. The number of hydrogen-bond donors (Lipinski definition) is 1. The number of aromatic nitrogens is 1. The zero-order chi connectivity index (χ0) is 20.6. The molecule has 0 bridgehead atoms. The smallest absolute Gasteiger partial charge is 0.260 e. The fraction of sp³-hybridized carbons (Fsp3) is 0.111. The number of rotatable bonds is 4. The first kappa shape index (κ1) is 21.5. The highest BCUT2D eigenvalue weighted by Gasteiger charge is 2.24. The number of carbonyl (C=O) groups excluding carboxylic acids is 1. The van der Waals surface area contributed by atoms with Crippen LogP contribution in [0.25, 0.3) is 11.3 Å². The molecule has 0 aliphatic rings. The minimum atomic E-state index is -0.595. The number of hydrogen-bond acceptors (Lipinski definition) is 4. The number of ether oxygens (including phenoxy) is 1. The van der Waals surface area contributed by atoms with Gasteiger partial charge in [-0.1, -0.05) is 58.0 Å². The number of anilines is 1. The standard InChI is InChI=1S/C18H11Cl5N2O2S/c1-7-5-8(27-2)3-4-9(7)10-6-28-18(24-10)25-17(26)11-12(19)14(21)16(23)15(22)13(11)20/h3-6H,1-2H3,(H,24,25,26). The topological polar surface area (TPSA) is 51.2 Å². The first-order valence-corrected chi connectivity index (χ1v) is 10.4. The second-order valence-corrected chi connectivity index (χ2v) is 8.37. The Hall–Kier alpha value is -1.21. The van der Waals surface area contributed by atoms with E-state index in [1.807, 2.05) is 30.5 Å². The Morgan fingerprint density at radius 3 is 2.21 bits per heavy atom. The molecule has 0 aliphatic heterocycles. The monoisotopic (exact) mass is 494 g/mol. The minimum Gasteiger partial charge on any atom is -0.497 e. The van der Waals surface area contributed by atoms with Gasteiger partial charge >= 0.3 is 0 Å². The minimum absolute atomic E-state index is 0.0126. The fourth-order valence-corrected chi connectivity index (χ4v) is 4.48. The fourth-order valence-electron chi connectivity index (χ4n) is 2.47. The Kier molecular flexibility index (Phi) is 6.65. The number of amides is 1. The molecule has 0 unspecified atom stereocenters. The van der Waals surface area contributed by atoms with Crippen molar-refractivity contribution in [2.45, 2.75) is 6.92 Å². The van der Waals surface area contributed by atoms with Crippen molar-refractivity contribution in [3.05, 3.63) is 59.8 Å². The van der Waals surface area contributed by atoms with Crippen LogP contribution in [0.5, 0.6) is 5.75 Å². The summed E-state index contributed by atoms with van der Waals surface area (Å²) < 4.78 is 5.21. The Balaban J connectivity index is 1.90. The van der Waals surface area contributed by atoms with Crippen LogP contribution >= 0.6 is 69.3 Å². The molecule has 2 aromatic carbocycles. The van der Waals surface area contributed by atoms with Crippen LogP contribution in [0.3, 0.4) is 0 Å². The van der Waals surface area contributed by atoms with Gasteiger partial charge in [0.2, 0.25) is 0 Å². The molecular formula is C18H11Cl5N2O2S. The lowest BCUT2D eigenvalue weighted by atomic mass is 10.1. The molecule has 0 aliphatic carbocycles. The molecule has 0 saturated heterocycles. The summed E-state index contributed by atoms with van der Waals surface area (Å²) in [6, 6.07) is 5.66. The van der Waals surface area contributed by atoms with Crippen LogP contribution in [-0.2, 0) is 0 Å². The van der Waals surface area contributed by atoms with Gasteiger partial charge < -0.3 is 4.74 Å². The molecule has 1 heterocycles. The number of benzene rings is 2. The van der Waals surface area contributed by atoms with E-state index in [2.05, 4.69) is 10.3 Å². The number of nitrogens with zero attached hydrogens (tertiary/aromatic N) is 1. The van der Waals surface area contributed by atoms with Crippen molar-refractivity contribution in [3.8, 4) is 17.0 Å². The summed E-state index contributed by atoms with van der Waals surface area (Å²) in [5.41, 5.74) is 2.56. The van der Waals surface area contributed by atoms with Gasteiger partial charge in [-0.25, -0.2) is 4.98 Å². The third-order valence-electron chi connectivity index (χ3n) is 3.87. The molecule has 0 fully saturated rings. The quantitative estimate of drug-likeness (QED) is 0.298. The van der Waals surface area contributed by atoms with Crippen LogP contribution in [0.2, 0.25) is 25.1 Å². The highest BCUT2D eigenvalue weighted by atomic mass is 35.5. The lowest BCUT2D eigenvalue weighted by Gasteiger charge is -2.11. The van der Waals surface area contributed by atoms with E-state index in [0.29, 0.717) is 10.8 Å². The number of thiazole rings is 1. The summed E-state index contributed by atoms with van der Waals surface area (Å²) in [7, 11) is 1.61. The van der Waals surface area contributed by atoms with Gasteiger partial charge in [-0.2, -0.15) is 0 Å². The largest absolute Gasteiger partial charge is 0.497 e. The summed E-state index contributed by atoms with van der Waals surface area (Å²) in [6.45, 7) is 1.95. The maximum atomic E-state index is 12.7. The van der Waals surface area contributed by atoms with Gasteiger partial charge in [-0.15, -0.1) is 11.3 Å². The summed E-state index contributed by atoms with van der Waals surface area (Å²) in [6.07, 6.45) is 0. The molecule has 4 nitrogen and oxygen atoms in total. The van der Waals surface area contributed by atoms with Crippen LogP contribution in [0, 0.1) is 6.92 Å². The van der Waals surface area contributed by atoms with E-state index in [9.17, 15) is 4.79 Å². The average molecular weight is 497 g/mol. The van der Waals surface area contributed by atoms with Crippen molar-refractivity contribution in [1.29, 1.82) is 0 Å². The number of methoxy groups -OCH3 is 1. The second-order valence-electron chi connectivity index (χ2n) is 5.62. The third kappa shape index (κ3) is 4.06. The predicted octanol–water partition coefficient (Wildman–Crippen LogP) is 7.65. The van der Waals surface area contributed by atoms with E-state index in [1.54, 1.807) is 7.11 Å². The van der Waals surface area contributed by atoms with Crippen LogP contribution in [-0.4, -0.2) is 18.0 Å². The van der Waals surface area contributed by atoms with Crippen molar-refractivity contribution in [1.82, 2.24) is 4.98 Å². The van der Waals surface area contributed by atoms with E-state index < -0.39 is 5.91 Å². The molecule has 10 heteroatoms. The predicted molar refractivity (Wildman–Crippen MR) is 118 cm³/mol. The third-order valence-corrected chi connectivity index (χ3v) is 6.91. The average Bonchev–Trinajstić information content (AvgIpc) is 3.12. The van der Waals surface area contributed by atoms with Crippen LogP contribution in [0.15, 0.2) is 23.6 Å². The van der Waals surface area contributed by atoms with E-state index in [4.69, 9.17) is 62.7 Å². The van der Waals surface area contributed by atoms with Crippen molar-refractivity contribution in [3.63, 3.8) is 0 Å². The molecule has 0 spiro atoms. The molecule has 1 N–H and O–H groups in total. The van der Waals surface area contributed by atoms with Gasteiger partial charge in [-0.05, 0) is 30.7 Å². The van der Waals surface area contributed by atoms with Crippen LogP contribution in [0.4, 0.5) is 5.13 Å². The summed E-state index contributed by atoms with van der Waals surface area (Å²) in [4.78, 5) is 17.1. The summed E-state index contributed by atoms with van der Waals surface area (Å²) in [5.74, 6) is 0.161. The zero-order valence-corrected chi connectivity index (χ0v) is 19.0. The van der Waals surface area contributed by atoms with Crippen molar-refractivity contribution >= 4 is 80.4 Å². The number of aryl methyl sites for hydroxylation is 1. The maximum absolute atomic E-state index is 12.7. The Bertz CT molecular complexity index is 1060. The first-order chi connectivity index (χ1) is 13.2. The number of nitrogens with one attached hydrogen (secondary N) is 1. The molecular weight excluding hydrogens is 486 g/mol. The van der Waals surface area contributed by atoms with Crippen LogP contribution in [0.1, 0.15) is 15.9 Å². The normalized spacial score (nSPS) is 10.8. The van der Waals surface area contributed by atoms with Gasteiger partial charge in [0.05, 0.1) is 43.5 Å². The Morgan fingerprint density at radius 1 is 1.04 bits per heavy atom. The Morgan fingerprint density at radius 2 is 1.64 bits per heavy atom. The summed E-state index contributed by atoms with van der Waals surface area (Å²) in [5, 5.41) is 4.59. The Labute approximate surface area is 190 Å². The van der Waals surface area contributed by atoms with Crippen molar-refractivity contribution in [2.75, 3.05) is 12.4 Å². The van der Waals surface area contributed by atoms with Crippen molar-refractivity contribution < 1.29 is 9.53 Å². The van der Waals surface area contributed by atoms with Gasteiger partial charge in [0.15, 0.2) is 5.13 Å². The number of carbonyl (C=O) groups is 1. The maximum Gasteiger partial charge on any atom is 0.260 e. The molecule has 0 atom stereocenters. The summed E-state index contributed by atoms with van der Waals surface area (Å²) >= 11 is 31.5. The molecule has 3 aromatic rings. The van der Waals surface area contributed by atoms with Crippen LogP contribution < -0.4 is 10.1 Å². The lowest BCUT2D eigenvalue weighted by Crippen LogP contribution is -2.13. The molecule has 0 radical (unpaired) electrons. The van der Waals surface area contributed by atoms with E-state index >= 15 is 0 Å². The SMILES string of the molecule is COc1ccc(-c2csc(NC(=O)c3c(Cl)c(Cl)c(Cl)c(Cl)c3Cl)n2)c(C)c1. The van der Waals surface area contributed by atoms with E-state index in [0.717, 1.165) is 16.9 Å². The molecule has 1 aromatic heterocycles. The number of halogens is 5. The van der Waals surface area contributed by atoms with Gasteiger partial charge in [0, 0.05) is 10.9 Å². The molecule has 0 saturated carbocycles. The van der Waals surface area contributed by atoms with Crippen molar-refractivity contribution in [2.24, 2.45) is 0 Å². The van der Waals surface area contributed by atoms with E-state index in [1.165, 1.54) is 11.3 Å². The molecule has 1 amide bonds. The highest BCUT2D eigenvalue weighted by Crippen LogP contribution is 2.44. The lowest BCUT2D eigenvalue weighted by molar-refractivity contribution is 0.102. The highest BCUT2D eigenvalue weighted by molar-refractivity contribution is 7.14. The molecule has 28 heavy (non-hydrogen) atoms. The zero-order valence-electron chi connectivity index (χ0n) is 14.4.